The predicted molar refractivity (Wildman–Crippen MR) is 360 cm³/mol. The second-order valence-electron chi connectivity index (χ2n) is 22.3. The molecule has 0 N–H and O–H groups in total. The Morgan fingerprint density at radius 3 is 0.822 bits per heavy atom. The third kappa shape index (κ3) is 9.26. The zero-order chi connectivity index (χ0) is 60.2. The summed E-state index contributed by atoms with van der Waals surface area (Å²) in [7, 11) is 0. The molecule has 0 fully saturated rings. The summed E-state index contributed by atoms with van der Waals surface area (Å²) in [5.41, 5.74) is 19.7. The maximum Gasteiger partial charge on any atom is 0.126 e. The van der Waals surface area contributed by atoms with Crippen molar-refractivity contribution in [1.82, 2.24) is 29.1 Å². The Morgan fingerprint density at radius 1 is 0.267 bits per heavy atom. The first-order valence-electron chi connectivity index (χ1n) is 29.7. The number of rotatable bonds is 11. The van der Waals surface area contributed by atoms with Gasteiger partial charge in [-0.3, -0.25) is 19.9 Å². The van der Waals surface area contributed by atoms with Gasteiger partial charge >= 0.3 is 0 Å². The van der Waals surface area contributed by atoms with Crippen LogP contribution in [0.2, 0.25) is 0 Å². The molecule has 0 aliphatic carbocycles. The summed E-state index contributed by atoms with van der Waals surface area (Å²) in [6, 6.07) is 92.6. The highest BCUT2D eigenvalue weighted by Gasteiger charge is 2.26. The van der Waals surface area contributed by atoms with E-state index in [1.54, 1.807) is 0 Å². The van der Waals surface area contributed by atoms with Gasteiger partial charge in [0.25, 0.3) is 0 Å². The summed E-state index contributed by atoms with van der Waals surface area (Å²) in [5, 5.41) is 16.1. The lowest BCUT2D eigenvalue weighted by Gasteiger charge is -2.19. The van der Waals surface area contributed by atoms with E-state index in [1.165, 1.54) is 12.1 Å². The van der Waals surface area contributed by atoms with Crippen molar-refractivity contribution in [3.05, 3.63) is 315 Å². The first-order chi connectivity index (χ1) is 44.4. The minimum atomic E-state index is -0.734. The molecule has 6 heterocycles. The molecule has 0 atom stereocenters. The molecule has 7 nitrogen and oxygen atoms in total. The fourth-order valence-electron chi connectivity index (χ4n) is 13.0. The summed E-state index contributed by atoms with van der Waals surface area (Å²) in [4.78, 5) is 19.8. The number of benzene rings is 10. The minimum Gasteiger partial charge on any atom is -0.308 e. The third-order valence-electron chi connectivity index (χ3n) is 17.1. The van der Waals surface area contributed by atoms with Gasteiger partial charge in [0.1, 0.15) is 23.3 Å². The van der Waals surface area contributed by atoms with Crippen LogP contribution < -0.4 is 0 Å². The van der Waals surface area contributed by atoms with Gasteiger partial charge in [-0.15, -0.1) is 0 Å². The molecule has 90 heavy (non-hydrogen) atoms. The van der Waals surface area contributed by atoms with Gasteiger partial charge in [-0.2, -0.15) is 5.26 Å². The summed E-state index contributed by atoms with van der Waals surface area (Å²) in [5.74, 6) is -1.47. The van der Waals surface area contributed by atoms with Crippen LogP contribution in [-0.2, 0) is 0 Å². The third-order valence-corrected chi connectivity index (χ3v) is 17.1. The van der Waals surface area contributed by atoms with Crippen LogP contribution in [0.1, 0.15) is 5.56 Å². The molecular formula is C81H49F2N7. The average Bonchev–Trinajstić information content (AvgIpc) is 1.58. The molecule has 0 bridgehead atoms. The summed E-state index contributed by atoms with van der Waals surface area (Å²) >= 11 is 0. The molecule has 16 rings (SSSR count). The fourth-order valence-corrected chi connectivity index (χ4v) is 13.0. The molecule has 10 aromatic carbocycles. The van der Waals surface area contributed by atoms with Gasteiger partial charge in [0.15, 0.2) is 0 Å². The Morgan fingerprint density at radius 2 is 0.544 bits per heavy atom. The summed E-state index contributed by atoms with van der Waals surface area (Å²) in [6.45, 7) is 0. The molecule has 422 valence electrons. The van der Waals surface area contributed by atoms with E-state index in [4.69, 9.17) is 19.9 Å². The van der Waals surface area contributed by atoms with E-state index < -0.39 is 11.6 Å². The van der Waals surface area contributed by atoms with Crippen LogP contribution in [0.25, 0.3) is 156 Å². The number of hydrogen-bond donors (Lipinski definition) is 0. The van der Waals surface area contributed by atoms with Crippen LogP contribution in [0.3, 0.4) is 0 Å². The smallest absolute Gasteiger partial charge is 0.126 e. The Kier molecular flexibility index (Phi) is 13.2. The number of nitriles is 1. The van der Waals surface area contributed by atoms with Crippen LogP contribution in [0.15, 0.2) is 298 Å². The average molecular weight is 1160 g/mol. The van der Waals surface area contributed by atoms with Crippen LogP contribution in [0, 0.1) is 23.0 Å². The van der Waals surface area contributed by atoms with Gasteiger partial charge < -0.3 is 9.13 Å². The number of pyridine rings is 4. The lowest BCUT2D eigenvalue weighted by Crippen LogP contribution is -2.06. The highest BCUT2D eigenvalue weighted by Crippen LogP contribution is 2.46. The van der Waals surface area contributed by atoms with E-state index in [-0.39, 0.29) is 0 Å². The first-order valence-corrected chi connectivity index (χ1v) is 29.7. The first kappa shape index (κ1) is 53.2. The number of halogens is 2. The topological polar surface area (TPSA) is 85.2 Å². The van der Waals surface area contributed by atoms with Gasteiger partial charge in [0.2, 0.25) is 0 Å². The van der Waals surface area contributed by atoms with E-state index >= 15 is 8.78 Å². The standard InChI is InChI=1S/C81H49F2N7/c82-61-41-59(42-62(83)49-61)60-47-76(89-72-43-55(63-25-13-37-85-78(63)51-17-5-1-6-18-51)29-33-67(72)68-34-30-56(44-73(68)89)64-26-14-38-86-79(64)52-19-7-2-8-20-52)71(50-84)77(48-60)90-74-45-57(65-27-15-39-87-80(65)53-21-9-3-10-22-53)31-35-69(74)70-36-32-58(46-75(70)90)66-28-16-40-88-81(66)54-23-11-4-12-24-54/h1-49H. The highest BCUT2D eigenvalue weighted by atomic mass is 19.1. The lowest BCUT2D eigenvalue weighted by atomic mass is 9.97. The van der Waals surface area contributed by atoms with Gasteiger partial charge in [-0.1, -0.05) is 194 Å². The fraction of sp³-hybridized carbons (Fsp3) is 0. The molecule has 0 saturated heterocycles. The van der Waals surface area contributed by atoms with Crippen molar-refractivity contribution < 1.29 is 8.78 Å². The van der Waals surface area contributed by atoms with Crippen molar-refractivity contribution in [2.24, 2.45) is 0 Å². The molecule has 16 aromatic rings. The van der Waals surface area contributed by atoms with Gasteiger partial charge in [-0.05, 0) is 106 Å². The number of nitrogens with zero attached hydrogens (tertiary/aromatic N) is 7. The van der Waals surface area contributed by atoms with Crippen LogP contribution in [0.4, 0.5) is 8.78 Å². The molecule has 0 aliphatic heterocycles. The number of hydrogen-bond acceptors (Lipinski definition) is 5. The zero-order valence-corrected chi connectivity index (χ0v) is 48.2. The van der Waals surface area contributed by atoms with Crippen molar-refractivity contribution in [3.8, 4) is 118 Å². The lowest BCUT2D eigenvalue weighted by molar-refractivity contribution is 0.584. The molecule has 0 unspecified atom stereocenters. The van der Waals surface area contributed by atoms with Crippen LogP contribution >= 0.6 is 0 Å². The SMILES string of the molecule is N#Cc1c(-n2c3cc(-c4cccnc4-c4ccccc4)ccc3c3ccc(-c4cccnc4-c4ccccc4)cc32)cc(-c2cc(F)cc(F)c2)cc1-n1c2cc(-c3cccnc3-c3ccccc3)ccc2c2ccc(-c3cccnc3-c3ccccc3)cc21. The molecular weight excluding hydrogens is 1110 g/mol. The maximum absolute atomic E-state index is 16.0. The molecule has 0 aliphatic rings. The van der Waals surface area contributed by atoms with Crippen molar-refractivity contribution in [2.75, 3.05) is 0 Å². The van der Waals surface area contributed by atoms with Gasteiger partial charge in [0.05, 0.1) is 56.2 Å². The van der Waals surface area contributed by atoms with Crippen molar-refractivity contribution in [3.63, 3.8) is 0 Å². The van der Waals surface area contributed by atoms with E-state index in [9.17, 15) is 5.26 Å². The van der Waals surface area contributed by atoms with E-state index in [1.807, 2.05) is 134 Å². The van der Waals surface area contributed by atoms with Crippen molar-refractivity contribution in [1.29, 1.82) is 5.26 Å². The zero-order valence-electron chi connectivity index (χ0n) is 48.2. The molecule has 0 saturated carbocycles. The van der Waals surface area contributed by atoms with Crippen LogP contribution in [-0.4, -0.2) is 29.1 Å². The van der Waals surface area contributed by atoms with E-state index in [0.717, 1.165) is 139 Å². The Balaban J connectivity index is 1.03. The van der Waals surface area contributed by atoms with Crippen molar-refractivity contribution in [2.45, 2.75) is 0 Å². The maximum atomic E-state index is 16.0. The van der Waals surface area contributed by atoms with E-state index in [0.29, 0.717) is 28.1 Å². The second-order valence-corrected chi connectivity index (χ2v) is 22.3. The highest BCUT2D eigenvalue weighted by molar-refractivity contribution is 6.14. The van der Waals surface area contributed by atoms with Gasteiger partial charge in [0, 0.05) is 96.9 Å². The Labute approximate surface area is 517 Å². The largest absolute Gasteiger partial charge is 0.308 e. The monoisotopic (exact) mass is 1160 g/mol. The van der Waals surface area contributed by atoms with E-state index in [2.05, 4.69) is 161 Å². The van der Waals surface area contributed by atoms with Gasteiger partial charge in [-0.25, -0.2) is 8.78 Å². The Hall–Kier alpha value is -12.3. The minimum absolute atomic E-state index is 0.292. The van der Waals surface area contributed by atoms with Crippen molar-refractivity contribution >= 4 is 43.6 Å². The molecule has 0 spiro atoms. The quantitative estimate of drug-likeness (QED) is 0.129. The summed E-state index contributed by atoms with van der Waals surface area (Å²) < 4.78 is 36.2. The normalized spacial score (nSPS) is 11.4. The molecule has 9 heteroatoms. The molecule has 6 aromatic heterocycles. The molecule has 0 amide bonds. The van der Waals surface area contributed by atoms with Crippen LogP contribution in [0.5, 0.6) is 0 Å². The summed E-state index contributed by atoms with van der Waals surface area (Å²) in [6.07, 6.45) is 7.24. The Bertz CT molecular complexity index is 4910. The number of aromatic nitrogens is 6. The second kappa shape index (κ2) is 22.2. The predicted octanol–water partition coefficient (Wildman–Crippen LogP) is 20.6. The number of fused-ring (bicyclic) bond motifs is 6. The molecule has 0 radical (unpaired) electrons.